The summed E-state index contributed by atoms with van der Waals surface area (Å²) in [6.45, 7) is 8.99. The highest BCUT2D eigenvalue weighted by Crippen LogP contribution is 2.34. The Labute approximate surface area is 107 Å². The Morgan fingerprint density at radius 1 is 1.44 bits per heavy atom. The van der Waals surface area contributed by atoms with Crippen molar-refractivity contribution in [2.45, 2.75) is 52.2 Å². The molecule has 0 bridgehead atoms. The minimum absolute atomic E-state index is 0.314. The largest absolute Gasteiger partial charge is 0.479 e. The van der Waals surface area contributed by atoms with Crippen molar-refractivity contribution in [1.29, 1.82) is 0 Å². The average Bonchev–Trinajstić information content (AvgIpc) is 2.54. The van der Waals surface area contributed by atoms with Crippen LogP contribution >= 0.6 is 0 Å². The van der Waals surface area contributed by atoms with Crippen LogP contribution in [0.1, 0.15) is 41.0 Å². The number of amides is 1. The van der Waals surface area contributed by atoms with Crippen LogP contribution in [0.5, 0.6) is 0 Å². The molecule has 1 amide bonds. The second kappa shape index (κ2) is 4.63. The van der Waals surface area contributed by atoms with Crippen LogP contribution in [-0.4, -0.2) is 39.8 Å². The van der Waals surface area contributed by atoms with Crippen molar-refractivity contribution in [3.63, 3.8) is 0 Å². The molecule has 0 aromatic heterocycles. The van der Waals surface area contributed by atoms with E-state index in [0.29, 0.717) is 13.0 Å². The van der Waals surface area contributed by atoms with Crippen LogP contribution in [0.25, 0.3) is 0 Å². The van der Waals surface area contributed by atoms with Gasteiger partial charge in [0.15, 0.2) is 0 Å². The first-order valence-electron chi connectivity index (χ1n) is 5.98. The molecular weight excluding hydrogens is 234 g/mol. The van der Waals surface area contributed by atoms with Gasteiger partial charge in [-0.2, -0.15) is 0 Å². The minimum atomic E-state index is -1.22. The van der Waals surface area contributed by atoms with E-state index in [1.165, 1.54) is 4.90 Å². The van der Waals surface area contributed by atoms with Crippen molar-refractivity contribution in [1.82, 2.24) is 4.90 Å². The first-order chi connectivity index (χ1) is 8.10. The summed E-state index contributed by atoms with van der Waals surface area (Å²) in [7, 11) is 0. The standard InChI is InChI=1S/C13H21NO4/c1-6-9-7-13(5,10(15)16)14(8-9)11(17)18-12(2,3)4/h6H,7-8H2,1-5H3,(H,15,16)/t13-/m0/s1. The number of ether oxygens (including phenoxy) is 1. The zero-order valence-corrected chi connectivity index (χ0v) is 11.6. The Hall–Kier alpha value is -1.52. The Morgan fingerprint density at radius 3 is 2.39 bits per heavy atom. The number of allylic oxidation sites excluding steroid dienone is 1. The second-order valence-corrected chi connectivity index (χ2v) is 5.77. The van der Waals surface area contributed by atoms with Gasteiger partial charge in [-0.15, -0.1) is 0 Å². The number of aliphatic carboxylic acids is 1. The van der Waals surface area contributed by atoms with E-state index >= 15 is 0 Å². The van der Waals surface area contributed by atoms with Gasteiger partial charge in [0.25, 0.3) is 0 Å². The summed E-state index contributed by atoms with van der Waals surface area (Å²) < 4.78 is 5.26. The van der Waals surface area contributed by atoms with Crippen molar-refractivity contribution in [2.75, 3.05) is 6.54 Å². The van der Waals surface area contributed by atoms with E-state index in [9.17, 15) is 14.7 Å². The number of carbonyl (C=O) groups excluding carboxylic acids is 1. The normalized spacial score (nSPS) is 26.5. The molecule has 5 heteroatoms. The highest BCUT2D eigenvalue weighted by atomic mass is 16.6. The summed E-state index contributed by atoms with van der Waals surface area (Å²) in [5, 5.41) is 9.33. The lowest BCUT2D eigenvalue weighted by atomic mass is 9.97. The topological polar surface area (TPSA) is 66.8 Å². The fourth-order valence-electron chi connectivity index (χ4n) is 1.94. The van der Waals surface area contributed by atoms with Crippen LogP contribution in [0.3, 0.4) is 0 Å². The third kappa shape index (κ3) is 2.83. The van der Waals surface area contributed by atoms with Gasteiger partial charge in [-0.1, -0.05) is 11.6 Å². The first-order valence-corrected chi connectivity index (χ1v) is 5.98. The zero-order chi connectivity index (χ0) is 14.1. The van der Waals surface area contributed by atoms with E-state index in [-0.39, 0.29) is 0 Å². The molecule has 5 nitrogen and oxygen atoms in total. The molecule has 1 atom stereocenters. The number of hydrogen-bond donors (Lipinski definition) is 1. The molecule has 0 unspecified atom stereocenters. The van der Waals surface area contributed by atoms with Crippen molar-refractivity contribution in [2.24, 2.45) is 0 Å². The Balaban J connectivity index is 2.98. The maximum absolute atomic E-state index is 12.1. The number of carboxylic acid groups (broad SMARTS) is 1. The number of likely N-dealkylation sites (tertiary alicyclic amines) is 1. The third-order valence-corrected chi connectivity index (χ3v) is 3.01. The summed E-state index contributed by atoms with van der Waals surface area (Å²) in [5.41, 5.74) is -0.912. The van der Waals surface area contributed by atoms with E-state index in [4.69, 9.17) is 4.74 Å². The highest BCUT2D eigenvalue weighted by Gasteiger charge is 2.49. The predicted octanol–water partition coefficient (Wildman–Crippen LogP) is 2.42. The maximum Gasteiger partial charge on any atom is 0.411 e. The third-order valence-electron chi connectivity index (χ3n) is 3.01. The van der Waals surface area contributed by atoms with Crippen molar-refractivity contribution in [3.8, 4) is 0 Å². The van der Waals surface area contributed by atoms with E-state index in [1.54, 1.807) is 27.7 Å². The molecule has 18 heavy (non-hydrogen) atoms. The summed E-state index contributed by atoms with van der Waals surface area (Å²) >= 11 is 0. The van der Waals surface area contributed by atoms with Crippen molar-refractivity contribution >= 4 is 12.1 Å². The quantitative estimate of drug-likeness (QED) is 0.731. The molecule has 1 heterocycles. The van der Waals surface area contributed by atoms with Gasteiger partial charge in [-0.05, 0) is 34.6 Å². The van der Waals surface area contributed by atoms with E-state index < -0.39 is 23.2 Å². The molecular formula is C13H21NO4. The summed E-state index contributed by atoms with van der Waals surface area (Å²) in [6, 6.07) is 0. The summed E-state index contributed by atoms with van der Waals surface area (Å²) in [5.74, 6) is -1.01. The first kappa shape index (κ1) is 14.5. The fourth-order valence-corrected chi connectivity index (χ4v) is 1.94. The van der Waals surface area contributed by atoms with Crippen LogP contribution in [0.4, 0.5) is 4.79 Å². The van der Waals surface area contributed by atoms with Crippen molar-refractivity contribution < 1.29 is 19.4 Å². The van der Waals surface area contributed by atoms with Gasteiger partial charge >= 0.3 is 12.1 Å². The van der Waals surface area contributed by atoms with Gasteiger partial charge in [0.1, 0.15) is 11.1 Å². The number of carboxylic acids is 1. The van der Waals surface area contributed by atoms with Crippen LogP contribution in [0.15, 0.2) is 11.6 Å². The van der Waals surface area contributed by atoms with Gasteiger partial charge < -0.3 is 9.84 Å². The van der Waals surface area contributed by atoms with Gasteiger partial charge in [0, 0.05) is 13.0 Å². The smallest absolute Gasteiger partial charge is 0.411 e. The molecule has 102 valence electrons. The highest BCUT2D eigenvalue weighted by molar-refractivity contribution is 5.86. The number of carbonyl (C=O) groups is 2. The van der Waals surface area contributed by atoms with Crippen LogP contribution in [0.2, 0.25) is 0 Å². The molecule has 1 rings (SSSR count). The van der Waals surface area contributed by atoms with Crippen molar-refractivity contribution in [3.05, 3.63) is 11.6 Å². The Morgan fingerprint density at radius 2 is 2.00 bits per heavy atom. The minimum Gasteiger partial charge on any atom is -0.479 e. The van der Waals surface area contributed by atoms with E-state index in [2.05, 4.69) is 0 Å². The molecule has 0 saturated carbocycles. The molecule has 0 aliphatic carbocycles. The molecule has 1 N–H and O–H groups in total. The lowest BCUT2D eigenvalue weighted by Crippen LogP contribution is -2.52. The summed E-state index contributed by atoms with van der Waals surface area (Å²) in [6.07, 6.45) is 1.62. The van der Waals surface area contributed by atoms with Gasteiger partial charge in [-0.3, -0.25) is 4.90 Å². The SMILES string of the molecule is CC=C1CN(C(=O)OC(C)(C)C)[C@](C)(C(=O)O)C1. The van der Waals surface area contributed by atoms with E-state index in [0.717, 1.165) is 5.57 Å². The average molecular weight is 255 g/mol. The lowest BCUT2D eigenvalue weighted by Gasteiger charge is -2.32. The second-order valence-electron chi connectivity index (χ2n) is 5.77. The molecule has 1 fully saturated rings. The fraction of sp³-hybridized carbons (Fsp3) is 0.692. The number of hydrogen-bond acceptors (Lipinski definition) is 3. The Kier molecular flexibility index (Phi) is 3.74. The molecule has 1 aliphatic heterocycles. The zero-order valence-electron chi connectivity index (χ0n) is 11.6. The molecule has 0 spiro atoms. The molecule has 0 aromatic rings. The van der Waals surface area contributed by atoms with E-state index in [1.807, 2.05) is 13.0 Å². The predicted molar refractivity (Wildman–Crippen MR) is 67.4 cm³/mol. The van der Waals surface area contributed by atoms with Gasteiger partial charge in [-0.25, -0.2) is 9.59 Å². The van der Waals surface area contributed by atoms with Gasteiger partial charge in [0.05, 0.1) is 0 Å². The summed E-state index contributed by atoms with van der Waals surface area (Å²) in [4.78, 5) is 24.7. The number of rotatable bonds is 1. The Bertz CT molecular complexity index is 394. The van der Waals surface area contributed by atoms with Crippen LogP contribution < -0.4 is 0 Å². The molecule has 1 aliphatic rings. The molecule has 0 aromatic carbocycles. The lowest BCUT2D eigenvalue weighted by molar-refractivity contribution is -0.148. The molecule has 1 saturated heterocycles. The van der Waals surface area contributed by atoms with Gasteiger partial charge in [0.2, 0.25) is 0 Å². The molecule has 0 radical (unpaired) electrons. The number of nitrogens with zero attached hydrogens (tertiary/aromatic N) is 1. The monoisotopic (exact) mass is 255 g/mol. The van der Waals surface area contributed by atoms with Crippen LogP contribution in [-0.2, 0) is 9.53 Å². The van der Waals surface area contributed by atoms with Crippen LogP contribution in [0, 0.1) is 0 Å². The maximum atomic E-state index is 12.1.